The van der Waals surface area contributed by atoms with Crippen LogP contribution in [0, 0.1) is 5.82 Å². The van der Waals surface area contributed by atoms with Gasteiger partial charge in [-0.2, -0.15) is 0 Å². The van der Waals surface area contributed by atoms with Crippen molar-refractivity contribution in [3.8, 4) is 5.69 Å². The Bertz CT molecular complexity index is 1000. The Hall–Kier alpha value is -2.18. The highest BCUT2D eigenvalue weighted by molar-refractivity contribution is 7.99. The molecule has 122 valence electrons. The SMILES string of the molecule is CC(=O)CSc1nc2ccccc2c(=O)n1-c1ccc(F)c(Cl)c1. The van der Waals surface area contributed by atoms with Crippen molar-refractivity contribution >= 4 is 40.0 Å². The van der Waals surface area contributed by atoms with Crippen molar-refractivity contribution in [1.82, 2.24) is 9.55 Å². The van der Waals surface area contributed by atoms with E-state index in [1.54, 1.807) is 24.3 Å². The molecule has 0 aliphatic heterocycles. The van der Waals surface area contributed by atoms with Gasteiger partial charge in [0.2, 0.25) is 0 Å². The van der Waals surface area contributed by atoms with Crippen LogP contribution in [0.3, 0.4) is 0 Å². The van der Waals surface area contributed by atoms with Gasteiger partial charge < -0.3 is 0 Å². The summed E-state index contributed by atoms with van der Waals surface area (Å²) in [5.74, 6) is -0.425. The van der Waals surface area contributed by atoms with E-state index < -0.39 is 5.82 Å². The van der Waals surface area contributed by atoms with E-state index in [0.717, 1.165) is 11.8 Å². The van der Waals surface area contributed by atoms with E-state index in [1.807, 2.05) is 0 Å². The number of ketones is 1. The van der Waals surface area contributed by atoms with Crippen molar-refractivity contribution in [2.45, 2.75) is 12.1 Å². The predicted molar refractivity (Wildman–Crippen MR) is 93.7 cm³/mol. The number of thioether (sulfide) groups is 1. The van der Waals surface area contributed by atoms with Crippen LogP contribution in [-0.4, -0.2) is 21.1 Å². The average Bonchev–Trinajstić information content (AvgIpc) is 2.56. The Morgan fingerprint density at radius 1 is 1.29 bits per heavy atom. The van der Waals surface area contributed by atoms with Crippen molar-refractivity contribution in [2.75, 3.05) is 5.75 Å². The molecule has 0 fully saturated rings. The van der Waals surface area contributed by atoms with Crippen molar-refractivity contribution in [3.63, 3.8) is 0 Å². The van der Waals surface area contributed by atoms with E-state index in [4.69, 9.17) is 11.6 Å². The fourth-order valence-electron chi connectivity index (χ4n) is 2.23. The highest BCUT2D eigenvalue weighted by atomic mass is 35.5. The van der Waals surface area contributed by atoms with Crippen LogP contribution in [0.1, 0.15) is 6.92 Å². The lowest BCUT2D eigenvalue weighted by atomic mass is 10.2. The summed E-state index contributed by atoms with van der Waals surface area (Å²) in [5, 5.41) is 0.705. The summed E-state index contributed by atoms with van der Waals surface area (Å²) in [5.41, 5.74) is 0.642. The molecular weight excluding hydrogens is 351 g/mol. The molecule has 0 aliphatic carbocycles. The number of halogens is 2. The van der Waals surface area contributed by atoms with Gasteiger partial charge in [-0.1, -0.05) is 35.5 Å². The maximum atomic E-state index is 13.4. The minimum absolute atomic E-state index is 0.0360. The van der Waals surface area contributed by atoms with Gasteiger partial charge in [-0.3, -0.25) is 14.2 Å². The molecule has 0 amide bonds. The molecule has 7 heteroatoms. The third kappa shape index (κ3) is 3.20. The number of fused-ring (bicyclic) bond motifs is 1. The number of benzene rings is 2. The summed E-state index contributed by atoms with van der Waals surface area (Å²) in [6, 6.07) is 11.0. The molecule has 0 N–H and O–H groups in total. The molecule has 24 heavy (non-hydrogen) atoms. The molecule has 1 aromatic heterocycles. The Morgan fingerprint density at radius 2 is 2.04 bits per heavy atom. The van der Waals surface area contributed by atoms with E-state index >= 15 is 0 Å². The van der Waals surface area contributed by atoms with Crippen LogP contribution in [0.5, 0.6) is 0 Å². The molecule has 0 saturated heterocycles. The third-order valence-corrected chi connectivity index (χ3v) is 4.68. The number of para-hydroxylation sites is 1. The maximum absolute atomic E-state index is 13.4. The second-order valence-corrected chi connectivity index (χ2v) is 6.49. The fourth-order valence-corrected chi connectivity index (χ4v) is 3.21. The first-order valence-corrected chi connectivity index (χ1v) is 8.43. The minimum Gasteiger partial charge on any atom is -0.299 e. The molecule has 0 atom stereocenters. The molecular formula is C17H12ClFN2O2S. The van der Waals surface area contributed by atoms with Crippen LogP contribution >= 0.6 is 23.4 Å². The van der Waals surface area contributed by atoms with E-state index in [0.29, 0.717) is 21.7 Å². The number of hydrogen-bond donors (Lipinski definition) is 0. The normalized spacial score (nSPS) is 11.0. The maximum Gasteiger partial charge on any atom is 0.266 e. The monoisotopic (exact) mass is 362 g/mol. The lowest BCUT2D eigenvalue weighted by molar-refractivity contribution is -0.114. The summed E-state index contributed by atoms with van der Waals surface area (Å²) >= 11 is 7.00. The number of carbonyl (C=O) groups excluding carboxylic acids is 1. The van der Waals surface area contributed by atoms with Gasteiger partial charge in [-0.05, 0) is 37.3 Å². The van der Waals surface area contributed by atoms with Gasteiger partial charge in [0.15, 0.2) is 5.16 Å². The van der Waals surface area contributed by atoms with Gasteiger partial charge in [0.25, 0.3) is 5.56 Å². The van der Waals surface area contributed by atoms with Crippen LogP contribution in [0.25, 0.3) is 16.6 Å². The number of aromatic nitrogens is 2. The van der Waals surface area contributed by atoms with E-state index in [1.165, 1.54) is 29.7 Å². The number of carbonyl (C=O) groups is 1. The van der Waals surface area contributed by atoms with E-state index in [9.17, 15) is 14.0 Å². The minimum atomic E-state index is -0.569. The Labute approximate surface area is 146 Å². The first kappa shape index (κ1) is 16.7. The second kappa shape index (κ2) is 6.75. The molecule has 0 aliphatic rings. The zero-order valence-corrected chi connectivity index (χ0v) is 14.2. The molecule has 3 aromatic rings. The van der Waals surface area contributed by atoms with Gasteiger partial charge in [-0.25, -0.2) is 9.37 Å². The number of hydrogen-bond acceptors (Lipinski definition) is 4. The highest BCUT2D eigenvalue weighted by Crippen LogP contribution is 2.24. The predicted octanol–water partition coefficient (Wildman–Crippen LogP) is 3.86. The summed E-state index contributed by atoms with van der Waals surface area (Å²) < 4.78 is 14.8. The van der Waals surface area contributed by atoms with Gasteiger partial charge in [0.1, 0.15) is 11.6 Å². The van der Waals surface area contributed by atoms with Crippen molar-refractivity contribution in [1.29, 1.82) is 0 Å². The van der Waals surface area contributed by atoms with Crippen LogP contribution in [0.4, 0.5) is 4.39 Å². The fraction of sp³-hybridized carbons (Fsp3) is 0.118. The third-order valence-electron chi connectivity index (χ3n) is 3.31. The quantitative estimate of drug-likeness (QED) is 0.522. The Kier molecular flexibility index (Phi) is 4.69. The van der Waals surface area contributed by atoms with Crippen molar-refractivity contribution in [3.05, 3.63) is 63.7 Å². The lowest BCUT2D eigenvalue weighted by Gasteiger charge is -2.13. The molecule has 0 unspecified atom stereocenters. The zero-order valence-electron chi connectivity index (χ0n) is 12.6. The summed E-state index contributed by atoms with van der Waals surface area (Å²) in [6.45, 7) is 1.46. The molecule has 1 heterocycles. The molecule has 3 rings (SSSR count). The highest BCUT2D eigenvalue weighted by Gasteiger charge is 2.15. The smallest absolute Gasteiger partial charge is 0.266 e. The standard InChI is InChI=1S/C17H12ClFN2O2S/c1-10(22)9-24-17-20-15-5-3-2-4-12(15)16(23)21(17)11-6-7-14(19)13(18)8-11/h2-8H,9H2,1H3. The van der Waals surface area contributed by atoms with Crippen molar-refractivity contribution in [2.24, 2.45) is 0 Å². The van der Waals surface area contributed by atoms with Gasteiger partial charge >= 0.3 is 0 Å². The first-order valence-electron chi connectivity index (χ1n) is 7.07. The van der Waals surface area contributed by atoms with Gasteiger partial charge in [-0.15, -0.1) is 0 Å². The van der Waals surface area contributed by atoms with Crippen LogP contribution in [-0.2, 0) is 4.79 Å². The molecule has 0 spiro atoms. The molecule has 2 aromatic carbocycles. The van der Waals surface area contributed by atoms with Crippen LogP contribution in [0.2, 0.25) is 5.02 Å². The van der Waals surface area contributed by atoms with E-state index in [-0.39, 0.29) is 22.1 Å². The summed E-state index contributed by atoms with van der Waals surface area (Å²) in [4.78, 5) is 28.7. The molecule has 0 saturated carbocycles. The van der Waals surface area contributed by atoms with Crippen LogP contribution < -0.4 is 5.56 Å². The first-order chi connectivity index (χ1) is 11.5. The topological polar surface area (TPSA) is 52.0 Å². The van der Waals surface area contributed by atoms with Gasteiger partial charge in [0, 0.05) is 0 Å². The van der Waals surface area contributed by atoms with Crippen molar-refractivity contribution < 1.29 is 9.18 Å². The van der Waals surface area contributed by atoms with E-state index in [2.05, 4.69) is 4.98 Å². The number of rotatable bonds is 4. The lowest BCUT2D eigenvalue weighted by Crippen LogP contribution is -2.22. The van der Waals surface area contributed by atoms with Gasteiger partial charge in [0.05, 0.1) is 27.4 Å². The molecule has 0 bridgehead atoms. The summed E-state index contributed by atoms with van der Waals surface area (Å²) in [7, 11) is 0. The molecule has 0 radical (unpaired) electrons. The molecule has 4 nitrogen and oxygen atoms in total. The zero-order chi connectivity index (χ0) is 17.3. The number of nitrogens with zero attached hydrogens (tertiary/aromatic N) is 2. The average molecular weight is 363 g/mol. The Morgan fingerprint density at radius 3 is 2.75 bits per heavy atom. The van der Waals surface area contributed by atoms with Crippen LogP contribution in [0.15, 0.2) is 52.4 Å². The Balaban J connectivity index is 2.27. The summed E-state index contributed by atoms with van der Waals surface area (Å²) in [6.07, 6.45) is 0. The second-order valence-electron chi connectivity index (χ2n) is 5.14. The number of Topliss-reactive ketones (excluding diaryl/α,β-unsaturated/α-hetero) is 1. The largest absolute Gasteiger partial charge is 0.299 e.